The van der Waals surface area contributed by atoms with Gasteiger partial charge in [-0.2, -0.15) is 18.2 Å². The van der Waals surface area contributed by atoms with Crippen molar-refractivity contribution in [3.8, 4) is 0 Å². The van der Waals surface area contributed by atoms with Crippen molar-refractivity contribution in [3.63, 3.8) is 0 Å². The number of halogens is 4. The van der Waals surface area contributed by atoms with E-state index in [1.807, 2.05) is 0 Å². The molecule has 4 aromatic rings. The number of aromatic nitrogens is 2. The predicted molar refractivity (Wildman–Crippen MR) is 152 cm³/mol. The Kier molecular flexibility index (Phi) is 9.71. The zero-order valence-electron chi connectivity index (χ0n) is 23.3. The third-order valence-electron chi connectivity index (χ3n) is 6.43. The molecule has 2 N–H and O–H groups in total. The fourth-order valence-electron chi connectivity index (χ4n) is 4.26. The highest BCUT2D eigenvalue weighted by Gasteiger charge is 2.31. The van der Waals surface area contributed by atoms with Crippen molar-refractivity contribution >= 4 is 34.9 Å². The summed E-state index contributed by atoms with van der Waals surface area (Å²) in [6, 6.07) is 15.9. The summed E-state index contributed by atoms with van der Waals surface area (Å²) in [5.74, 6) is -1.14. The van der Waals surface area contributed by atoms with E-state index in [0.29, 0.717) is 34.3 Å². The van der Waals surface area contributed by atoms with Crippen molar-refractivity contribution in [2.24, 2.45) is 0 Å². The van der Waals surface area contributed by atoms with Crippen LogP contribution in [0.2, 0.25) is 0 Å². The highest BCUT2D eigenvalue weighted by molar-refractivity contribution is 5.92. The standard InChI is InChI=1S/C31H28F4N4O4/c1-19-3-6-24(18-27(19)29(42)43-12-11-40)37-30-36-10-9-28(38-30)39(2)25-7-4-20(5-8-25)15-26(41)16-21-13-22(31(33,34)35)17-23(32)14-21/h3-10,13-14,17-18,40H,11-12,15-16H2,1-2H3,(H,36,37,38). The lowest BCUT2D eigenvalue weighted by Crippen LogP contribution is -2.13. The number of aryl methyl sites for hydroxylation is 1. The number of anilines is 4. The van der Waals surface area contributed by atoms with E-state index in [1.54, 1.807) is 73.6 Å². The SMILES string of the molecule is Cc1ccc(Nc2nccc(N(C)c3ccc(CC(=O)Cc4cc(F)cc(C(F)(F)F)c4)cc3)n2)cc1C(=O)OCCO. The van der Waals surface area contributed by atoms with E-state index in [1.165, 1.54) is 0 Å². The molecule has 0 saturated heterocycles. The fraction of sp³-hybridized carbons (Fsp3) is 0.226. The highest BCUT2D eigenvalue weighted by Crippen LogP contribution is 2.31. The van der Waals surface area contributed by atoms with Gasteiger partial charge in [0.15, 0.2) is 0 Å². The summed E-state index contributed by atoms with van der Waals surface area (Å²) >= 11 is 0. The second-order valence-corrected chi connectivity index (χ2v) is 9.72. The van der Waals surface area contributed by atoms with Crippen LogP contribution >= 0.6 is 0 Å². The first kappa shape index (κ1) is 31.1. The zero-order chi connectivity index (χ0) is 31.1. The molecular weight excluding hydrogens is 568 g/mol. The van der Waals surface area contributed by atoms with E-state index in [2.05, 4.69) is 15.3 Å². The first-order valence-electron chi connectivity index (χ1n) is 13.1. The molecule has 1 aromatic heterocycles. The van der Waals surface area contributed by atoms with Crippen molar-refractivity contribution in [2.75, 3.05) is 30.5 Å². The minimum Gasteiger partial charge on any atom is -0.460 e. The maximum Gasteiger partial charge on any atom is 0.416 e. The number of nitrogens with one attached hydrogen (secondary N) is 1. The molecule has 0 saturated carbocycles. The number of ether oxygens (including phenoxy) is 1. The normalized spacial score (nSPS) is 11.2. The maximum atomic E-state index is 13.7. The van der Waals surface area contributed by atoms with Gasteiger partial charge in [0.25, 0.3) is 0 Å². The molecular formula is C31H28F4N4O4. The molecule has 0 spiro atoms. The molecule has 0 aliphatic carbocycles. The highest BCUT2D eigenvalue weighted by atomic mass is 19.4. The molecule has 0 radical (unpaired) electrons. The Balaban J connectivity index is 1.41. The molecule has 0 bridgehead atoms. The summed E-state index contributed by atoms with van der Waals surface area (Å²) in [5.41, 5.74) is 1.82. The van der Waals surface area contributed by atoms with E-state index in [0.717, 1.165) is 17.8 Å². The zero-order valence-corrected chi connectivity index (χ0v) is 23.3. The summed E-state index contributed by atoms with van der Waals surface area (Å²) < 4.78 is 57.6. The monoisotopic (exact) mass is 596 g/mol. The number of alkyl halides is 3. The van der Waals surface area contributed by atoms with Gasteiger partial charge in [0.1, 0.15) is 24.0 Å². The number of hydrogen-bond donors (Lipinski definition) is 2. The van der Waals surface area contributed by atoms with Crippen LogP contribution in [0.1, 0.15) is 32.6 Å². The van der Waals surface area contributed by atoms with E-state index in [4.69, 9.17) is 9.84 Å². The van der Waals surface area contributed by atoms with Crippen LogP contribution in [0.4, 0.5) is 40.7 Å². The molecule has 3 aromatic carbocycles. The van der Waals surface area contributed by atoms with Gasteiger partial charge in [-0.25, -0.2) is 14.2 Å². The lowest BCUT2D eigenvalue weighted by atomic mass is 10.0. The molecule has 0 fully saturated rings. The van der Waals surface area contributed by atoms with E-state index in [9.17, 15) is 27.2 Å². The molecule has 12 heteroatoms. The van der Waals surface area contributed by atoms with Gasteiger partial charge in [-0.05, 0) is 72.1 Å². The lowest BCUT2D eigenvalue weighted by Gasteiger charge is -2.19. The van der Waals surface area contributed by atoms with Crippen molar-refractivity contribution in [1.82, 2.24) is 9.97 Å². The number of nitrogens with zero attached hydrogens (tertiary/aromatic N) is 3. The summed E-state index contributed by atoms with van der Waals surface area (Å²) in [6.07, 6.45) is -3.50. The number of carbonyl (C=O) groups excluding carboxylic acids is 2. The predicted octanol–water partition coefficient (Wildman–Crippen LogP) is 5.96. The number of esters is 1. The van der Waals surface area contributed by atoms with Crippen molar-refractivity contribution < 1.29 is 37.0 Å². The van der Waals surface area contributed by atoms with Crippen LogP contribution in [0.25, 0.3) is 0 Å². The Morgan fingerprint density at radius 3 is 2.40 bits per heavy atom. The molecule has 0 unspecified atom stereocenters. The number of aliphatic hydroxyl groups is 1. The average molecular weight is 597 g/mol. The van der Waals surface area contributed by atoms with Crippen molar-refractivity contribution in [3.05, 3.63) is 107 Å². The largest absolute Gasteiger partial charge is 0.460 e. The van der Waals surface area contributed by atoms with Crippen LogP contribution in [-0.2, 0) is 28.5 Å². The van der Waals surface area contributed by atoms with Gasteiger partial charge >= 0.3 is 12.1 Å². The molecule has 1 heterocycles. The molecule has 224 valence electrons. The molecule has 0 amide bonds. The van der Waals surface area contributed by atoms with Crippen LogP contribution in [0.15, 0.2) is 72.9 Å². The molecule has 0 atom stereocenters. The summed E-state index contributed by atoms with van der Waals surface area (Å²) in [4.78, 5) is 35.4. The number of rotatable bonds is 11. The number of Topliss-reactive ketones (excluding diaryl/α,β-unsaturated/α-hetero) is 1. The molecule has 4 rings (SSSR count). The fourth-order valence-corrected chi connectivity index (χ4v) is 4.26. The summed E-state index contributed by atoms with van der Waals surface area (Å²) in [6.45, 7) is 1.39. The second kappa shape index (κ2) is 13.4. The number of ketones is 1. The van der Waals surface area contributed by atoms with E-state index >= 15 is 0 Å². The number of hydrogen-bond acceptors (Lipinski definition) is 8. The smallest absolute Gasteiger partial charge is 0.416 e. The molecule has 0 aliphatic heterocycles. The lowest BCUT2D eigenvalue weighted by molar-refractivity contribution is -0.138. The second-order valence-electron chi connectivity index (χ2n) is 9.72. The number of benzene rings is 3. The Labute approximate surface area is 245 Å². The van der Waals surface area contributed by atoms with E-state index < -0.39 is 23.5 Å². The number of aliphatic hydroxyl groups excluding tert-OH is 1. The van der Waals surface area contributed by atoms with Crippen LogP contribution in [-0.4, -0.2) is 47.1 Å². The maximum absolute atomic E-state index is 13.7. The first-order valence-corrected chi connectivity index (χ1v) is 13.1. The van der Waals surface area contributed by atoms with Gasteiger partial charge in [0.05, 0.1) is 17.7 Å². The third-order valence-corrected chi connectivity index (χ3v) is 6.43. The van der Waals surface area contributed by atoms with Gasteiger partial charge in [0.2, 0.25) is 5.95 Å². The van der Waals surface area contributed by atoms with Crippen LogP contribution in [0, 0.1) is 12.7 Å². The summed E-state index contributed by atoms with van der Waals surface area (Å²) in [5, 5.41) is 12.0. The van der Waals surface area contributed by atoms with Crippen molar-refractivity contribution in [2.45, 2.75) is 25.9 Å². The van der Waals surface area contributed by atoms with Gasteiger partial charge in [-0.15, -0.1) is 0 Å². The first-order chi connectivity index (χ1) is 20.4. The van der Waals surface area contributed by atoms with Gasteiger partial charge in [-0.3, -0.25) is 4.79 Å². The van der Waals surface area contributed by atoms with Gasteiger partial charge in [0, 0.05) is 37.5 Å². The third kappa shape index (κ3) is 8.35. The Morgan fingerprint density at radius 2 is 1.70 bits per heavy atom. The van der Waals surface area contributed by atoms with Crippen LogP contribution in [0.3, 0.4) is 0 Å². The Bertz CT molecular complexity index is 1610. The van der Waals surface area contributed by atoms with Crippen molar-refractivity contribution in [1.29, 1.82) is 0 Å². The molecule has 0 aliphatic rings. The Morgan fingerprint density at radius 1 is 0.977 bits per heavy atom. The van der Waals surface area contributed by atoms with Gasteiger partial charge in [-0.1, -0.05) is 18.2 Å². The molecule has 8 nitrogen and oxygen atoms in total. The quantitative estimate of drug-likeness (QED) is 0.162. The number of carbonyl (C=O) groups is 2. The minimum atomic E-state index is -4.71. The molecule has 43 heavy (non-hydrogen) atoms. The minimum absolute atomic E-state index is 0.0322. The van der Waals surface area contributed by atoms with Gasteiger partial charge < -0.3 is 20.1 Å². The Hall–Kier alpha value is -4.84. The van der Waals surface area contributed by atoms with Crippen LogP contribution in [0.5, 0.6) is 0 Å². The van der Waals surface area contributed by atoms with E-state index in [-0.39, 0.29) is 43.4 Å². The topological polar surface area (TPSA) is 105 Å². The van der Waals surface area contributed by atoms with Crippen LogP contribution < -0.4 is 10.2 Å². The summed E-state index contributed by atoms with van der Waals surface area (Å²) in [7, 11) is 1.79. The average Bonchev–Trinajstić information content (AvgIpc) is 2.96.